The normalized spacial score (nSPS) is 10.6. The van der Waals surface area contributed by atoms with E-state index < -0.39 is 0 Å². The summed E-state index contributed by atoms with van der Waals surface area (Å²) in [7, 11) is 0. The average molecular weight is 290 g/mol. The van der Waals surface area contributed by atoms with Crippen LogP contribution in [0.5, 0.6) is 0 Å². The van der Waals surface area contributed by atoms with E-state index in [0.29, 0.717) is 10.8 Å². The van der Waals surface area contributed by atoms with Gasteiger partial charge in [0.2, 0.25) is 0 Å². The standard InChI is InChI=1S/C14H9Cl2N3/c15-13-8-12(14(16)19-18-13)17-11-7-3-5-9-4-1-2-6-10(9)11/h1-8H,(H,17,18). The van der Waals surface area contributed by atoms with Crippen LogP contribution in [-0.4, -0.2) is 10.2 Å². The fraction of sp³-hybridized carbons (Fsp3) is 0. The molecule has 3 rings (SSSR count). The summed E-state index contributed by atoms with van der Waals surface area (Å²) in [6.45, 7) is 0. The summed E-state index contributed by atoms with van der Waals surface area (Å²) in [4.78, 5) is 0. The van der Waals surface area contributed by atoms with Crippen molar-refractivity contribution < 1.29 is 0 Å². The van der Waals surface area contributed by atoms with Crippen LogP contribution < -0.4 is 5.32 Å². The molecule has 0 saturated carbocycles. The summed E-state index contributed by atoms with van der Waals surface area (Å²) in [6.07, 6.45) is 0. The minimum atomic E-state index is 0.289. The smallest absolute Gasteiger partial charge is 0.175 e. The highest BCUT2D eigenvalue weighted by atomic mass is 35.5. The molecule has 0 bridgehead atoms. The van der Waals surface area contributed by atoms with Gasteiger partial charge in [-0.1, -0.05) is 59.6 Å². The maximum Gasteiger partial charge on any atom is 0.175 e. The van der Waals surface area contributed by atoms with E-state index in [1.807, 2.05) is 30.3 Å². The largest absolute Gasteiger partial charge is 0.352 e. The Balaban J connectivity index is 2.08. The maximum atomic E-state index is 6.00. The fourth-order valence-electron chi connectivity index (χ4n) is 1.92. The second kappa shape index (κ2) is 5.03. The molecule has 0 spiro atoms. The van der Waals surface area contributed by atoms with Gasteiger partial charge in [0.25, 0.3) is 0 Å². The van der Waals surface area contributed by atoms with E-state index in [1.165, 1.54) is 0 Å². The maximum absolute atomic E-state index is 6.00. The molecule has 0 atom stereocenters. The van der Waals surface area contributed by atoms with Crippen molar-refractivity contribution in [1.82, 2.24) is 10.2 Å². The zero-order valence-electron chi connectivity index (χ0n) is 9.77. The second-order valence-corrected chi connectivity index (χ2v) is 4.77. The number of nitrogens with zero attached hydrogens (tertiary/aromatic N) is 2. The van der Waals surface area contributed by atoms with Crippen molar-refractivity contribution in [3.63, 3.8) is 0 Å². The van der Waals surface area contributed by atoms with Crippen molar-refractivity contribution >= 4 is 45.3 Å². The summed E-state index contributed by atoms with van der Waals surface area (Å²) in [5.74, 6) is 0. The first kappa shape index (κ1) is 12.2. The number of hydrogen-bond donors (Lipinski definition) is 1. The Morgan fingerprint density at radius 2 is 1.63 bits per heavy atom. The lowest BCUT2D eigenvalue weighted by Crippen LogP contribution is -1.95. The number of nitrogens with one attached hydrogen (secondary N) is 1. The van der Waals surface area contributed by atoms with Gasteiger partial charge in [0, 0.05) is 17.1 Å². The Hall–Kier alpha value is -1.84. The topological polar surface area (TPSA) is 37.8 Å². The van der Waals surface area contributed by atoms with Crippen LogP contribution in [0.25, 0.3) is 10.8 Å². The van der Waals surface area contributed by atoms with E-state index in [2.05, 4.69) is 27.6 Å². The summed E-state index contributed by atoms with van der Waals surface area (Å²) < 4.78 is 0. The molecule has 2 aromatic carbocycles. The van der Waals surface area contributed by atoms with Gasteiger partial charge < -0.3 is 5.32 Å². The fourth-order valence-corrected chi connectivity index (χ4v) is 2.21. The Morgan fingerprint density at radius 3 is 2.53 bits per heavy atom. The third-order valence-electron chi connectivity index (χ3n) is 2.78. The van der Waals surface area contributed by atoms with Crippen LogP contribution in [0.4, 0.5) is 11.4 Å². The zero-order valence-corrected chi connectivity index (χ0v) is 11.3. The number of rotatable bonds is 2. The van der Waals surface area contributed by atoms with E-state index in [1.54, 1.807) is 6.07 Å². The molecular weight excluding hydrogens is 281 g/mol. The van der Waals surface area contributed by atoms with Crippen molar-refractivity contribution in [1.29, 1.82) is 0 Å². The number of fused-ring (bicyclic) bond motifs is 1. The van der Waals surface area contributed by atoms with Crippen molar-refractivity contribution in [3.8, 4) is 0 Å². The molecule has 0 aliphatic heterocycles. The van der Waals surface area contributed by atoms with Gasteiger partial charge in [-0.15, -0.1) is 10.2 Å². The summed E-state index contributed by atoms with van der Waals surface area (Å²) in [5.41, 5.74) is 1.59. The minimum absolute atomic E-state index is 0.289. The molecule has 3 aromatic rings. The highest BCUT2D eigenvalue weighted by molar-refractivity contribution is 6.33. The van der Waals surface area contributed by atoms with E-state index in [9.17, 15) is 0 Å². The monoisotopic (exact) mass is 289 g/mol. The van der Waals surface area contributed by atoms with E-state index in [-0.39, 0.29) is 5.15 Å². The van der Waals surface area contributed by atoms with Gasteiger partial charge in [0.1, 0.15) is 0 Å². The highest BCUT2D eigenvalue weighted by Crippen LogP contribution is 2.29. The Morgan fingerprint density at radius 1 is 0.842 bits per heavy atom. The lowest BCUT2D eigenvalue weighted by atomic mass is 10.1. The number of halogens is 2. The van der Waals surface area contributed by atoms with Crippen molar-refractivity contribution in [2.75, 3.05) is 5.32 Å². The van der Waals surface area contributed by atoms with Crippen LogP contribution in [-0.2, 0) is 0 Å². The molecule has 0 unspecified atom stereocenters. The van der Waals surface area contributed by atoms with Crippen molar-refractivity contribution in [3.05, 3.63) is 58.8 Å². The number of benzene rings is 2. The van der Waals surface area contributed by atoms with Crippen LogP contribution in [0.2, 0.25) is 10.3 Å². The summed E-state index contributed by atoms with van der Waals surface area (Å²) in [5, 5.41) is 13.5. The first-order chi connectivity index (χ1) is 9.24. The van der Waals surface area contributed by atoms with Crippen molar-refractivity contribution in [2.24, 2.45) is 0 Å². The Kier molecular flexibility index (Phi) is 3.23. The van der Waals surface area contributed by atoms with Gasteiger partial charge in [0.05, 0.1) is 5.69 Å². The number of aromatic nitrogens is 2. The Bertz CT molecular complexity index is 738. The van der Waals surface area contributed by atoms with E-state index in [4.69, 9.17) is 23.2 Å². The molecule has 3 nitrogen and oxygen atoms in total. The van der Waals surface area contributed by atoms with Gasteiger partial charge in [0.15, 0.2) is 10.3 Å². The molecule has 5 heteroatoms. The van der Waals surface area contributed by atoms with E-state index in [0.717, 1.165) is 16.5 Å². The predicted molar refractivity (Wildman–Crippen MR) is 79.3 cm³/mol. The van der Waals surface area contributed by atoms with Crippen LogP contribution >= 0.6 is 23.2 Å². The van der Waals surface area contributed by atoms with Crippen molar-refractivity contribution in [2.45, 2.75) is 0 Å². The molecule has 0 fully saturated rings. The summed E-state index contributed by atoms with van der Waals surface area (Å²) in [6, 6.07) is 15.8. The molecule has 0 saturated heterocycles. The van der Waals surface area contributed by atoms with Gasteiger partial charge in [-0.25, -0.2) is 0 Å². The van der Waals surface area contributed by atoms with Gasteiger partial charge in [-0.2, -0.15) is 0 Å². The number of anilines is 2. The quantitative estimate of drug-likeness (QED) is 0.744. The molecule has 0 aliphatic rings. The molecule has 0 amide bonds. The zero-order chi connectivity index (χ0) is 13.2. The third kappa shape index (κ3) is 2.48. The predicted octanol–water partition coefficient (Wildman–Crippen LogP) is 4.68. The SMILES string of the molecule is Clc1cc(Nc2cccc3ccccc23)c(Cl)nn1. The van der Waals surface area contributed by atoms with Crippen LogP contribution in [0.15, 0.2) is 48.5 Å². The summed E-state index contributed by atoms with van der Waals surface area (Å²) >= 11 is 11.8. The molecule has 1 aromatic heterocycles. The third-order valence-corrected chi connectivity index (χ3v) is 3.24. The second-order valence-electron chi connectivity index (χ2n) is 4.02. The lowest BCUT2D eigenvalue weighted by Gasteiger charge is -2.10. The number of hydrogen-bond acceptors (Lipinski definition) is 3. The van der Waals surface area contributed by atoms with E-state index >= 15 is 0 Å². The molecule has 1 N–H and O–H groups in total. The molecule has 94 valence electrons. The molecule has 19 heavy (non-hydrogen) atoms. The van der Waals surface area contributed by atoms with Gasteiger partial charge in [-0.3, -0.25) is 0 Å². The van der Waals surface area contributed by atoms with Crippen LogP contribution in [0.1, 0.15) is 0 Å². The first-order valence-corrected chi connectivity index (χ1v) is 6.43. The van der Waals surface area contributed by atoms with Crippen LogP contribution in [0, 0.1) is 0 Å². The first-order valence-electron chi connectivity index (χ1n) is 5.67. The average Bonchev–Trinajstić information content (AvgIpc) is 2.43. The van der Waals surface area contributed by atoms with Gasteiger partial charge in [-0.05, 0) is 11.5 Å². The van der Waals surface area contributed by atoms with Crippen LogP contribution in [0.3, 0.4) is 0 Å². The minimum Gasteiger partial charge on any atom is -0.352 e. The highest BCUT2D eigenvalue weighted by Gasteiger charge is 2.06. The molecule has 0 radical (unpaired) electrons. The molecule has 1 heterocycles. The molecule has 0 aliphatic carbocycles. The van der Waals surface area contributed by atoms with Gasteiger partial charge >= 0.3 is 0 Å². The lowest BCUT2D eigenvalue weighted by molar-refractivity contribution is 1.03. The Labute approximate surface area is 120 Å². The molecular formula is C14H9Cl2N3.